The average Bonchev–Trinajstić information content (AvgIpc) is 3.45. The normalized spacial score (nSPS) is 38.6. The number of rotatable bonds is 8. The van der Waals surface area contributed by atoms with Crippen molar-refractivity contribution < 1.29 is 26.7 Å². The lowest BCUT2D eigenvalue weighted by molar-refractivity contribution is -0.164. The molecule has 1 heterocycles. The molecule has 7 nitrogen and oxygen atoms in total. The monoisotopic (exact) mass is 627 g/mol. The number of halogens is 1. The van der Waals surface area contributed by atoms with Gasteiger partial charge in [0, 0.05) is 24.1 Å². The average molecular weight is 628 g/mol. The maximum absolute atomic E-state index is 13.4. The van der Waals surface area contributed by atoms with Crippen LogP contribution in [0, 0.1) is 52.3 Å². The Hall–Kier alpha value is -1.000. The quantitative estimate of drug-likeness (QED) is 0.293. The Morgan fingerprint density at radius 2 is 1.85 bits per heavy atom. The Morgan fingerprint density at radius 3 is 2.49 bits per heavy atom. The van der Waals surface area contributed by atoms with Gasteiger partial charge in [0.05, 0.1) is 16.5 Å². The first-order valence-corrected chi connectivity index (χ1v) is 17.9. The van der Waals surface area contributed by atoms with Gasteiger partial charge in [-0.1, -0.05) is 46.2 Å². The lowest BCUT2D eigenvalue weighted by Gasteiger charge is -2.62. The van der Waals surface area contributed by atoms with Crippen LogP contribution in [0.2, 0.25) is 4.34 Å². The molecule has 1 aromatic heterocycles. The van der Waals surface area contributed by atoms with E-state index in [4.69, 9.17) is 15.8 Å². The molecule has 0 aromatic carbocycles. The number of fused-ring (bicyclic) bond motifs is 5. The van der Waals surface area contributed by atoms with E-state index in [9.17, 15) is 22.6 Å². The van der Waals surface area contributed by atoms with Gasteiger partial charge in [-0.05, 0) is 103 Å². The largest absolute Gasteiger partial charge is 0.397 e. The number of hydrogen-bond donors (Lipinski definition) is 2. The van der Waals surface area contributed by atoms with E-state index in [2.05, 4.69) is 39.9 Å². The molecule has 0 unspecified atom stereocenters. The predicted octanol–water partition coefficient (Wildman–Crippen LogP) is 7.27. The molecule has 4 saturated carbocycles. The number of nitrogens with one attached hydrogen (secondary N) is 1. The molecule has 2 N–H and O–H groups in total. The summed E-state index contributed by atoms with van der Waals surface area (Å²) in [5, 5.41) is 3.27. The summed E-state index contributed by atoms with van der Waals surface area (Å²) in [6, 6.07) is 3.79. The molecule has 10 heteroatoms. The molecule has 1 amide bonds. The van der Waals surface area contributed by atoms with Crippen molar-refractivity contribution in [3.8, 4) is 0 Å². The Morgan fingerprint density at radius 1 is 1.15 bits per heavy atom. The maximum atomic E-state index is 13.4. The van der Waals surface area contributed by atoms with Crippen LogP contribution in [-0.2, 0) is 24.2 Å². The molecule has 1 aromatic rings. The molecule has 5 rings (SSSR count). The molecule has 230 valence electrons. The fourth-order valence-electron chi connectivity index (χ4n) is 9.95. The third-order valence-corrected chi connectivity index (χ3v) is 13.7. The zero-order chi connectivity index (χ0) is 29.9. The smallest absolute Gasteiger partial charge is 0.348 e. The standard InChI is InChI=1S/C31H46ClNO6S2/c1-17(2)29(25-8-9-26(32)40-25)33-27(35)14-18(3)21-6-7-22-28-23(11-13-31(21,22)5)30(4)12-10-20(34)15-19(30)16-24(28)39-41(36,37)38/h8-9,17-19,21-24,28-29H,6-7,10-16H2,1-5H3,(H,33,35)(H,36,37,38)/t18-,19+,21-,22+,23+,24-,28+,29+,30+,31-/m1/s1. The van der Waals surface area contributed by atoms with Crippen LogP contribution in [-0.4, -0.2) is 30.8 Å². The Balaban J connectivity index is 1.34. The fourth-order valence-corrected chi connectivity index (χ4v) is 11.8. The molecule has 4 aliphatic carbocycles. The molecule has 41 heavy (non-hydrogen) atoms. The molecule has 4 aliphatic rings. The summed E-state index contributed by atoms with van der Waals surface area (Å²) in [7, 11) is -4.63. The minimum atomic E-state index is -4.63. The molecule has 0 aliphatic heterocycles. The summed E-state index contributed by atoms with van der Waals surface area (Å²) < 4.78 is 39.9. The van der Waals surface area contributed by atoms with Crippen molar-refractivity contribution in [1.29, 1.82) is 0 Å². The van der Waals surface area contributed by atoms with Crippen molar-refractivity contribution in [3.63, 3.8) is 0 Å². The van der Waals surface area contributed by atoms with Crippen LogP contribution in [0.3, 0.4) is 0 Å². The molecule has 0 spiro atoms. The Bertz CT molecular complexity index is 1260. The van der Waals surface area contributed by atoms with Crippen LogP contribution in [0.5, 0.6) is 0 Å². The van der Waals surface area contributed by atoms with Crippen LogP contribution in [0.15, 0.2) is 12.1 Å². The minimum absolute atomic E-state index is 0.00468. The number of amides is 1. The van der Waals surface area contributed by atoms with Gasteiger partial charge in [-0.3, -0.25) is 14.1 Å². The van der Waals surface area contributed by atoms with Crippen LogP contribution >= 0.6 is 22.9 Å². The molecular weight excluding hydrogens is 582 g/mol. The number of carbonyl (C=O) groups excluding carboxylic acids is 2. The third kappa shape index (κ3) is 6.04. The van der Waals surface area contributed by atoms with Gasteiger partial charge < -0.3 is 5.32 Å². The van der Waals surface area contributed by atoms with Crippen LogP contribution < -0.4 is 5.32 Å². The van der Waals surface area contributed by atoms with E-state index in [0.717, 1.165) is 37.0 Å². The van der Waals surface area contributed by atoms with Crippen molar-refractivity contribution in [3.05, 3.63) is 21.3 Å². The highest BCUT2D eigenvalue weighted by molar-refractivity contribution is 7.80. The van der Waals surface area contributed by atoms with E-state index < -0.39 is 16.5 Å². The number of ketones is 1. The second kappa shape index (κ2) is 11.5. The highest BCUT2D eigenvalue weighted by atomic mass is 35.5. The lowest BCUT2D eigenvalue weighted by atomic mass is 9.44. The van der Waals surface area contributed by atoms with Crippen molar-refractivity contribution in [1.82, 2.24) is 5.32 Å². The zero-order valence-corrected chi connectivity index (χ0v) is 27.3. The fraction of sp³-hybridized carbons (Fsp3) is 0.806. The third-order valence-electron chi connectivity index (χ3n) is 11.9. The van der Waals surface area contributed by atoms with Gasteiger partial charge >= 0.3 is 10.4 Å². The first-order valence-electron chi connectivity index (χ1n) is 15.3. The predicted molar refractivity (Wildman–Crippen MR) is 161 cm³/mol. The second-order valence-corrected chi connectivity index (χ2v) is 17.2. The van der Waals surface area contributed by atoms with Gasteiger partial charge in [-0.2, -0.15) is 8.42 Å². The van der Waals surface area contributed by atoms with E-state index in [1.807, 2.05) is 12.1 Å². The van der Waals surface area contributed by atoms with Crippen LogP contribution in [0.4, 0.5) is 0 Å². The summed E-state index contributed by atoms with van der Waals surface area (Å²) in [4.78, 5) is 26.8. The van der Waals surface area contributed by atoms with Crippen molar-refractivity contribution in [2.24, 2.45) is 52.3 Å². The van der Waals surface area contributed by atoms with Crippen molar-refractivity contribution in [2.75, 3.05) is 0 Å². The van der Waals surface area contributed by atoms with Crippen LogP contribution in [0.25, 0.3) is 0 Å². The first kappa shape index (κ1) is 31.4. The Kier molecular flexibility index (Phi) is 8.81. The van der Waals surface area contributed by atoms with E-state index in [0.29, 0.717) is 35.9 Å². The number of hydrogen-bond acceptors (Lipinski definition) is 6. The van der Waals surface area contributed by atoms with E-state index >= 15 is 0 Å². The summed E-state index contributed by atoms with van der Waals surface area (Å²) in [5.74, 6) is 1.61. The van der Waals surface area contributed by atoms with Crippen LogP contribution in [0.1, 0.15) is 103 Å². The number of carbonyl (C=O) groups is 2. The summed E-state index contributed by atoms with van der Waals surface area (Å²) in [6.45, 7) is 11.0. The van der Waals surface area contributed by atoms with Gasteiger partial charge in [0.1, 0.15) is 5.78 Å². The van der Waals surface area contributed by atoms with E-state index in [1.54, 1.807) is 0 Å². The second-order valence-electron chi connectivity index (χ2n) is 14.4. The molecular formula is C31H46ClNO6S2. The highest BCUT2D eigenvalue weighted by Gasteiger charge is 2.64. The molecule has 4 fully saturated rings. The van der Waals surface area contributed by atoms with E-state index in [1.165, 1.54) is 11.3 Å². The summed E-state index contributed by atoms with van der Waals surface area (Å²) in [6.07, 6.45) is 6.13. The van der Waals surface area contributed by atoms with Crippen molar-refractivity contribution >= 4 is 45.0 Å². The van der Waals surface area contributed by atoms with Crippen molar-refractivity contribution in [2.45, 2.75) is 105 Å². The molecule has 0 bridgehead atoms. The molecule has 0 saturated heterocycles. The van der Waals surface area contributed by atoms with Gasteiger partial charge in [0.25, 0.3) is 0 Å². The Labute approximate surface area is 254 Å². The van der Waals surface area contributed by atoms with E-state index in [-0.39, 0.29) is 64.1 Å². The topological polar surface area (TPSA) is 110 Å². The maximum Gasteiger partial charge on any atom is 0.397 e. The van der Waals surface area contributed by atoms with Gasteiger partial charge in [-0.25, -0.2) is 4.18 Å². The SMILES string of the molecule is CC(C)[C@H](NC(=O)C[C@@H](C)[C@H]1CC[C@H]2[C@@H]3[C@H](OS(=O)(=O)O)C[C@@H]4CC(=O)CC[C@]4(C)[C@H]3CC[C@]12C)c1ccc(Cl)s1. The minimum Gasteiger partial charge on any atom is -0.348 e. The highest BCUT2D eigenvalue weighted by Crippen LogP contribution is 2.68. The summed E-state index contributed by atoms with van der Waals surface area (Å²) in [5.41, 5.74) is -0.0762. The number of Topliss-reactive ketones (excluding diaryl/α,β-unsaturated/α-hetero) is 1. The molecule has 10 atom stereocenters. The first-order chi connectivity index (χ1) is 19.1. The van der Waals surface area contributed by atoms with Gasteiger partial charge in [0.15, 0.2) is 0 Å². The van der Waals surface area contributed by atoms with Gasteiger partial charge in [0.2, 0.25) is 5.91 Å². The number of thiophene rings is 1. The molecule has 0 radical (unpaired) electrons. The van der Waals surface area contributed by atoms with Gasteiger partial charge in [-0.15, -0.1) is 11.3 Å². The lowest BCUT2D eigenvalue weighted by Crippen LogP contribution is -2.59. The zero-order valence-electron chi connectivity index (χ0n) is 24.9. The summed E-state index contributed by atoms with van der Waals surface area (Å²) >= 11 is 7.68.